The van der Waals surface area contributed by atoms with Gasteiger partial charge in [0, 0.05) is 12.5 Å². The van der Waals surface area contributed by atoms with E-state index in [9.17, 15) is 0 Å². The van der Waals surface area contributed by atoms with Gasteiger partial charge < -0.3 is 14.2 Å². The Labute approximate surface area is 116 Å². The third kappa shape index (κ3) is 3.16. The number of hydrogen-bond acceptors (Lipinski definition) is 6. The summed E-state index contributed by atoms with van der Waals surface area (Å²) in [5.41, 5.74) is 0.670. The molecule has 0 saturated carbocycles. The summed E-state index contributed by atoms with van der Waals surface area (Å²) in [6, 6.07) is 0. The van der Waals surface area contributed by atoms with E-state index in [-0.39, 0.29) is 12.0 Å². The van der Waals surface area contributed by atoms with Crippen LogP contribution in [0.1, 0.15) is 38.2 Å². The number of aliphatic hydroxyl groups is 1. The van der Waals surface area contributed by atoms with Gasteiger partial charge in [0.05, 0.1) is 24.3 Å². The lowest BCUT2D eigenvalue weighted by atomic mass is 9.96. The lowest BCUT2D eigenvalue weighted by molar-refractivity contribution is 0.271. The molecule has 0 aliphatic rings. The summed E-state index contributed by atoms with van der Waals surface area (Å²) >= 11 is 1.50. The molecule has 19 heavy (non-hydrogen) atoms. The molecular formula is C12H18N4O2S. The Balaban J connectivity index is 2.02. The van der Waals surface area contributed by atoms with Crippen molar-refractivity contribution in [1.82, 2.24) is 19.7 Å². The van der Waals surface area contributed by atoms with E-state index in [1.807, 2.05) is 32.4 Å². The molecule has 0 radical (unpaired) electrons. The number of imidazole rings is 1. The molecule has 0 atom stereocenters. The van der Waals surface area contributed by atoms with E-state index in [0.29, 0.717) is 17.5 Å². The van der Waals surface area contributed by atoms with Crippen LogP contribution in [-0.4, -0.2) is 24.8 Å². The smallest absolute Gasteiger partial charge is 0.237 e. The highest BCUT2D eigenvalue weighted by atomic mass is 32.2. The number of rotatable bonds is 4. The first-order chi connectivity index (χ1) is 8.91. The largest absolute Gasteiger partial charge is 0.390 e. The fourth-order valence-corrected chi connectivity index (χ4v) is 2.26. The second-order valence-electron chi connectivity index (χ2n) is 5.30. The van der Waals surface area contributed by atoms with Gasteiger partial charge in [0.15, 0.2) is 11.0 Å². The topological polar surface area (TPSA) is 77.0 Å². The zero-order valence-corrected chi connectivity index (χ0v) is 12.4. The molecule has 7 heteroatoms. The van der Waals surface area contributed by atoms with Gasteiger partial charge in [-0.05, 0) is 0 Å². The maximum atomic E-state index is 9.10. The van der Waals surface area contributed by atoms with Crippen LogP contribution in [0.4, 0.5) is 0 Å². The minimum absolute atomic E-state index is 0.0151. The Hall–Kier alpha value is -1.34. The van der Waals surface area contributed by atoms with E-state index in [1.54, 1.807) is 6.20 Å². The van der Waals surface area contributed by atoms with Gasteiger partial charge in [-0.25, -0.2) is 4.98 Å². The van der Waals surface area contributed by atoms with Gasteiger partial charge in [-0.15, -0.1) is 0 Å². The van der Waals surface area contributed by atoms with E-state index in [4.69, 9.17) is 9.63 Å². The van der Waals surface area contributed by atoms with E-state index in [0.717, 1.165) is 10.9 Å². The average molecular weight is 282 g/mol. The monoisotopic (exact) mass is 282 g/mol. The molecule has 2 aromatic heterocycles. The molecule has 2 aromatic rings. The Morgan fingerprint density at radius 2 is 2.16 bits per heavy atom. The van der Waals surface area contributed by atoms with Crippen molar-refractivity contribution in [2.75, 3.05) is 0 Å². The van der Waals surface area contributed by atoms with Gasteiger partial charge in [-0.2, -0.15) is 4.98 Å². The standard InChI is InChI=1S/C12H18N4O2S/c1-12(2,3)10-14-9(18-15-10)7-19-11-13-5-8(6-17)16(11)4/h5,17H,6-7H2,1-4H3. The number of aromatic nitrogens is 4. The highest BCUT2D eigenvalue weighted by Crippen LogP contribution is 2.23. The fourth-order valence-electron chi connectivity index (χ4n) is 1.45. The maximum Gasteiger partial charge on any atom is 0.237 e. The Morgan fingerprint density at radius 1 is 1.42 bits per heavy atom. The van der Waals surface area contributed by atoms with Crippen molar-refractivity contribution in [3.05, 3.63) is 23.6 Å². The zero-order valence-electron chi connectivity index (χ0n) is 11.5. The molecule has 0 amide bonds. The summed E-state index contributed by atoms with van der Waals surface area (Å²) in [6.45, 7) is 6.11. The highest BCUT2D eigenvalue weighted by molar-refractivity contribution is 7.98. The molecule has 1 N–H and O–H groups in total. The van der Waals surface area contributed by atoms with E-state index >= 15 is 0 Å². The van der Waals surface area contributed by atoms with Crippen LogP contribution < -0.4 is 0 Å². The zero-order chi connectivity index (χ0) is 14.0. The lowest BCUT2D eigenvalue weighted by Gasteiger charge is -2.10. The Morgan fingerprint density at radius 3 is 2.68 bits per heavy atom. The molecule has 2 rings (SSSR count). The predicted octanol–water partition coefficient (Wildman–Crippen LogP) is 1.89. The van der Waals surface area contributed by atoms with Gasteiger partial charge in [-0.1, -0.05) is 37.7 Å². The van der Waals surface area contributed by atoms with Crippen LogP contribution in [0.15, 0.2) is 15.9 Å². The van der Waals surface area contributed by atoms with Crippen LogP contribution in [0.2, 0.25) is 0 Å². The van der Waals surface area contributed by atoms with Gasteiger partial charge in [0.25, 0.3) is 0 Å². The van der Waals surface area contributed by atoms with Crippen LogP contribution in [0, 0.1) is 0 Å². The quantitative estimate of drug-likeness (QED) is 0.863. The van der Waals surface area contributed by atoms with Crippen molar-refractivity contribution >= 4 is 11.8 Å². The molecule has 0 saturated heterocycles. The first-order valence-electron chi connectivity index (χ1n) is 5.99. The number of aliphatic hydroxyl groups excluding tert-OH is 1. The van der Waals surface area contributed by atoms with Crippen molar-refractivity contribution in [1.29, 1.82) is 0 Å². The van der Waals surface area contributed by atoms with Crippen molar-refractivity contribution < 1.29 is 9.63 Å². The molecule has 2 heterocycles. The molecule has 0 spiro atoms. The highest BCUT2D eigenvalue weighted by Gasteiger charge is 2.21. The van der Waals surface area contributed by atoms with Crippen molar-refractivity contribution in [3.63, 3.8) is 0 Å². The summed E-state index contributed by atoms with van der Waals surface area (Å²) < 4.78 is 7.07. The molecule has 0 aliphatic carbocycles. The van der Waals surface area contributed by atoms with E-state index < -0.39 is 0 Å². The van der Waals surface area contributed by atoms with Gasteiger partial charge in [0.2, 0.25) is 5.89 Å². The predicted molar refractivity (Wildman–Crippen MR) is 71.7 cm³/mol. The Bertz CT molecular complexity index is 556. The van der Waals surface area contributed by atoms with Crippen LogP contribution in [0.5, 0.6) is 0 Å². The molecule has 0 aliphatic heterocycles. The third-order valence-electron chi connectivity index (χ3n) is 2.67. The second-order valence-corrected chi connectivity index (χ2v) is 6.24. The summed E-state index contributed by atoms with van der Waals surface area (Å²) in [7, 11) is 1.87. The summed E-state index contributed by atoms with van der Waals surface area (Å²) in [6.07, 6.45) is 1.66. The van der Waals surface area contributed by atoms with Crippen molar-refractivity contribution in [3.8, 4) is 0 Å². The molecule has 0 fully saturated rings. The minimum Gasteiger partial charge on any atom is -0.390 e. The number of thioether (sulfide) groups is 1. The normalized spacial score (nSPS) is 12.1. The van der Waals surface area contributed by atoms with Gasteiger partial charge in [-0.3, -0.25) is 0 Å². The van der Waals surface area contributed by atoms with Crippen molar-refractivity contribution in [2.24, 2.45) is 7.05 Å². The third-order valence-corrected chi connectivity index (χ3v) is 3.70. The van der Waals surface area contributed by atoms with Crippen LogP contribution >= 0.6 is 11.8 Å². The first-order valence-corrected chi connectivity index (χ1v) is 6.97. The minimum atomic E-state index is -0.111. The van der Waals surface area contributed by atoms with Crippen LogP contribution in [0.3, 0.4) is 0 Å². The van der Waals surface area contributed by atoms with E-state index in [2.05, 4.69) is 15.1 Å². The summed E-state index contributed by atoms with van der Waals surface area (Å²) in [4.78, 5) is 8.60. The van der Waals surface area contributed by atoms with Crippen molar-refractivity contribution in [2.45, 2.75) is 43.7 Å². The van der Waals surface area contributed by atoms with Gasteiger partial charge >= 0.3 is 0 Å². The lowest BCUT2D eigenvalue weighted by Crippen LogP contribution is -2.13. The van der Waals surface area contributed by atoms with Crippen LogP contribution in [0.25, 0.3) is 0 Å². The average Bonchev–Trinajstić information content (AvgIpc) is 2.93. The molecule has 0 aromatic carbocycles. The molecule has 104 valence electrons. The van der Waals surface area contributed by atoms with Crippen LogP contribution in [-0.2, 0) is 24.8 Å². The molecule has 0 bridgehead atoms. The fraction of sp³-hybridized carbons (Fsp3) is 0.583. The maximum absolute atomic E-state index is 9.10. The summed E-state index contributed by atoms with van der Waals surface area (Å²) in [5, 5.41) is 13.9. The SMILES string of the molecule is Cn1c(CO)cnc1SCc1nc(C(C)(C)C)no1. The number of hydrogen-bond donors (Lipinski definition) is 1. The summed E-state index contributed by atoms with van der Waals surface area (Å²) in [5.74, 6) is 1.86. The molecule has 6 nitrogen and oxygen atoms in total. The molecular weight excluding hydrogens is 264 g/mol. The number of nitrogens with zero attached hydrogens (tertiary/aromatic N) is 4. The second kappa shape index (κ2) is 5.34. The first kappa shape index (κ1) is 14.1. The van der Waals surface area contributed by atoms with Gasteiger partial charge in [0.1, 0.15) is 0 Å². The molecule has 0 unspecified atom stereocenters. The van der Waals surface area contributed by atoms with E-state index in [1.165, 1.54) is 11.8 Å². The Kier molecular flexibility index (Phi) is 3.96.